The van der Waals surface area contributed by atoms with E-state index in [1.54, 1.807) is 32.9 Å². The SMILES string of the molecule is CC(=O)OCC(=O)[C@@]1(O)C(C)C[C@H]2[C@@H]3C=CC4=CC(=O)C=C[C@]4(C)[C@@]3(F)C(O)C[C@@]21C. The van der Waals surface area contributed by atoms with Gasteiger partial charge in [-0.2, -0.15) is 0 Å². The lowest BCUT2D eigenvalue weighted by Gasteiger charge is -2.60. The topological polar surface area (TPSA) is 101 Å². The molecule has 7 heteroatoms. The largest absolute Gasteiger partial charge is 0.458 e. The Kier molecular flexibility index (Phi) is 4.77. The normalized spacial score (nSPS) is 47.8. The van der Waals surface area contributed by atoms with Crippen LogP contribution in [0.2, 0.25) is 0 Å². The fourth-order valence-electron chi connectivity index (χ4n) is 6.88. The molecule has 2 fully saturated rings. The van der Waals surface area contributed by atoms with Crippen LogP contribution in [-0.4, -0.2) is 51.7 Å². The second-order valence-corrected chi connectivity index (χ2v) is 10.0. The maximum atomic E-state index is 17.0. The summed E-state index contributed by atoms with van der Waals surface area (Å²) in [6.45, 7) is 5.76. The highest BCUT2D eigenvalue weighted by Gasteiger charge is 2.75. The van der Waals surface area contributed by atoms with Gasteiger partial charge in [0.2, 0.25) is 5.78 Å². The van der Waals surface area contributed by atoms with Crippen LogP contribution in [0.25, 0.3) is 0 Å². The molecule has 0 heterocycles. The molecule has 31 heavy (non-hydrogen) atoms. The lowest BCUT2D eigenvalue weighted by Crippen LogP contribution is -2.68. The first kappa shape index (κ1) is 22.1. The molecule has 0 amide bonds. The molecule has 4 aliphatic rings. The van der Waals surface area contributed by atoms with Gasteiger partial charge in [0, 0.05) is 23.7 Å². The number of alkyl halides is 1. The number of carbonyl (C=O) groups excluding carboxylic acids is 3. The number of esters is 1. The summed E-state index contributed by atoms with van der Waals surface area (Å²) in [4.78, 5) is 36.1. The first-order chi connectivity index (χ1) is 14.3. The summed E-state index contributed by atoms with van der Waals surface area (Å²) in [5, 5.41) is 22.9. The highest BCUT2D eigenvalue weighted by molar-refractivity contribution is 6.01. The summed E-state index contributed by atoms with van der Waals surface area (Å²) in [6.07, 6.45) is 6.44. The smallest absolute Gasteiger partial charge is 0.303 e. The van der Waals surface area contributed by atoms with E-state index in [0.717, 1.165) is 0 Å². The van der Waals surface area contributed by atoms with Crippen LogP contribution in [0.5, 0.6) is 0 Å². The van der Waals surface area contributed by atoms with Crippen molar-refractivity contribution in [1.29, 1.82) is 0 Å². The van der Waals surface area contributed by atoms with E-state index in [4.69, 9.17) is 4.74 Å². The monoisotopic (exact) mass is 432 g/mol. The molecule has 0 bridgehead atoms. The molecule has 2 N–H and O–H groups in total. The van der Waals surface area contributed by atoms with Crippen molar-refractivity contribution >= 4 is 17.5 Å². The molecule has 0 aromatic rings. The summed E-state index contributed by atoms with van der Waals surface area (Å²) in [5.74, 6) is -3.19. The molecule has 6 nitrogen and oxygen atoms in total. The zero-order valence-electron chi connectivity index (χ0n) is 18.2. The minimum Gasteiger partial charge on any atom is -0.458 e. The summed E-state index contributed by atoms with van der Waals surface area (Å²) in [7, 11) is 0. The Bertz CT molecular complexity index is 952. The minimum absolute atomic E-state index is 0.129. The summed E-state index contributed by atoms with van der Waals surface area (Å²) < 4.78 is 21.8. The van der Waals surface area contributed by atoms with E-state index < -0.39 is 64.3 Å². The third-order valence-corrected chi connectivity index (χ3v) is 8.62. The number of fused-ring (bicyclic) bond motifs is 5. The van der Waals surface area contributed by atoms with Crippen LogP contribution in [0.4, 0.5) is 4.39 Å². The molecule has 0 aromatic heterocycles. The van der Waals surface area contributed by atoms with E-state index in [0.29, 0.717) is 12.0 Å². The highest BCUT2D eigenvalue weighted by Crippen LogP contribution is 2.69. The number of hydrogen-bond acceptors (Lipinski definition) is 6. The van der Waals surface area contributed by atoms with Crippen molar-refractivity contribution in [2.75, 3.05) is 6.61 Å². The number of allylic oxidation sites excluding steroid dienone is 6. The first-order valence-corrected chi connectivity index (χ1v) is 10.7. The summed E-state index contributed by atoms with van der Waals surface area (Å²) >= 11 is 0. The number of hydrogen-bond donors (Lipinski definition) is 2. The number of aliphatic hydroxyl groups excluding tert-OH is 1. The second kappa shape index (κ2) is 6.69. The van der Waals surface area contributed by atoms with E-state index in [1.807, 2.05) is 0 Å². The van der Waals surface area contributed by atoms with Gasteiger partial charge in [0.1, 0.15) is 5.60 Å². The van der Waals surface area contributed by atoms with Crippen LogP contribution in [0.1, 0.15) is 40.5 Å². The minimum atomic E-state index is -2.10. The van der Waals surface area contributed by atoms with E-state index >= 15 is 4.39 Å². The third-order valence-electron chi connectivity index (χ3n) is 8.62. The van der Waals surface area contributed by atoms with Crippen LogP contribution in [-0.2, 0) is 19.1 Å². The average molecular weight is 432 g/mol. The molecular weight excluding hydrogens is 403 g/mol. The van der Waals surface area contributed by atoms with Crippen molar-refractivity contribution in [2.45, 2.75) is 57.9 Å². The van der Waals surface area contributed by atoms with Crippen LogP contribution in [0.15, 0.2) is 36.0 Å². The quantitative estimate of drug-likeness (QED) is 0.664. The number of ether oxygens (including phenoxy) is 1. The van der Waals surface area contributed by atoms with E-state index in [-0.39, 0.29) is 12.2 Å². The van der Waals surface area contributed by atoms with Gasteiger partial charge in [-0.1, -0.05) is 32.1 Å². The van der Waals surface area contributed by atoms with E-state index in [9.17, 15) is 24.6 Å². The lowest BCUT2D eigenvalue weighted by atomic mass is 9.46. The van der Waals surface area contributed by atoms with Gasteiger partial charge in [0.25, 0.3) is 0 Å². The second-order valence-electron chi connectivity index (χ2n) is 10.0. The number of aliphatic hydroxyl groups is 2. The maximum Gasteiger partial charge on any atom is 0.303 e. The van der Waals surface area contributed by atoms with Crippen molar-refractivity contribution in [3.05, 3.63) is 36.0 Å². The Balaban J connectivity index is 1.80. The van der Waals surface area contributed by atoms with Gasteiger partial charge in [0.15, 0.2) is 18.1 Å². The molecule has 0 radical (unpaired) electrons. The maximum absolute atomic E-state index is 17.0. The highest BCUT2D eigenvalue weighted by atomic mass is 19.1. The van der Waals surface area contributed by atoms with Crippen LogP contribution in [0.3, 0.4) is 0 Å². The van der Waals surface area contributed by atoms with Crippen LogP contribution in [0, 0.1) is 28.6 Å². The molecule has 0 aliphatic heterocycles. The fraction of sp³-hybridized carbons (Fsp3) is 0.625. The van der Waals surface area contributed by atoms with Crippen molar-refractivity contribution in [3.63, 3.8) is 0 Å². The van der Waals surface area contributed by atoms with Gasteiger partial charge in [-0.25, -0.2) is 4.39 Å². The van der Waals surface area contributed by atoms with Crippen LogP contribution >= 0.6 is 0 Å². The predicted molar refractivity (Wildman–Crippen MR) is 109 cm³/mol. The predicted octanol–water partition coefficient (Wildman–Crippen LogP) is 2.24. The van der Waals surface area contributed by atoms with Gasteiger partial charge in [-0.3, -0.25) is 14.4 Å². The first-order valence-electron chi connectivity index (χ1n) is 10.7. The van der Waals surface area contributed by atoms with Gasteiger partial charge in [-0.05, 0) is 49.3 Å². The molecular formula is C24H29FO6. The van der Waals surface area contributed by atoms with Gasteiger partial charge in [0.05, 0.1) is 6.10 Å². The number of Topliss-reactive ketones (excluding diaryl/α,β-unsaturated/α-hetero) is 1. The molecule has 2 unspecified atom stereocenters. The average Bonchev–Trinajstić information content (AvgIpc) is 2.89. The number of ketones is 2. The zero-order chi connectivity index (χ0) is 23.0. The Labute approximate surface area is 180 Å². The van der Waals surface area contributed by atoms with Crippen molar-refractivity contribution in [3.8, 4) is 0 Å². The molecule has 0 spiro atoms. The van der Waals surface area contributed by atoms with Crippen molar-refractivity contribution in [1.82, 2.24) is 0 Å². The van der Waals surface area contributed by atoms with E-state index in [2.05, 4.69) is 0 Å². The Morgan fingerprint density at radius 2 is 1.97 bits per heavy atom. The molecule has 8 atom stereocenters. The number of carbonyl (C=O) groups is 3. The number of halogens is 1. The van der Waals surface area contributed by atoms with Crippen LogP contribution < -0.4 is 0 Å². The van der Waals surface area contributed by atoms with Gasteiger partial charge >= 0.3 is 5.97 Å². The standard InChI is InChI=1S/C24H29FO6/c1-13-9-18-17-6-5-15-10-16(27)7-8-21(15,3)23(17,25)19(28)11-22(18,4)24(13,30)20(29)12-31-14(2)26/h5-8,10,13,17-19,28,30H,9,11-12H2,1-4H3/t13?,17-,18-,19?,21-,22-,23-,24-/m0/s1. The molecule has 0 saturated heterocycles. The van der Waals surface area contributed by atoms with E-state index in [1.165, 1.54) is 25.2 Å². The Morgan fingerprint density at radius 1 is 1.29 bits per heavy atom. The third kappa shape index (κ3) is 2.59. The Hall–Kier alpha value is -2.12. The lowest BCUT2D eigenvalue weighted by molar-refractivity contribution is -0.206. The molecule has 4 aliphatic carbocycles. The molecule has 0 aromatic carbocycles. The Morgan fingerprint density at radius 3 is 2.61 bits per heavy atom. The molecule has 168 valence electrons. The van der Waals surface area contributed by atoms with Gasteiger partial charge in [-0.15, -0.1) is 0 Å². The number of rotatable bonds is 3. The van der Waals surface area contributed by atoms with Crippen molar-refractivity contribution < 1.29 is 33.7 Å². The van der Waals surface area contributed by atoms with Gasteiger partial charge < -0.3 is 14.9 Å². The zero-order valence-corrected chi connectivity index (χ0v) is 18.2. The van der Waals surface area contributed by atoms with Crippen molar-refractivity contribution in [2.24, 2.45) is 28.6 Å². The molecule has 2 saturated carbocycles. The fourth-order valence-corrected chi connectivity index (χ4v) is 6.88. The summed E-state index contributed by atoms with van der Waals surface area (Å²) in [6, 6.07) is 0. The molecule has 4 rings (SSSR count). The summed E-state index contributed by atoms with van der Waals surface area (Å²) in [5.41, 5.74) is -5.77.